The van der Waals surface area contributed by atoms with Crippen molar-refractivity contribution in [2.24, 2.45) is 0 Å². The summed E-state index contributed by atoms with van der Waals surface area (Å²) >= 11 is 0. The van der Waals surface area contributed by atoms with E-state index in [0.29, 0.717) is 0 Å². The molecule has 1 N–H and O–H groups in total. The maximum Gasteiger partial charge on any atom is 0.410 e. The number of alkyl halides is 3. The van der Waals surface area contributed by atoms with Crippen LogP contribution in [0.15, 0.2) is 36.4 Å². The van der Waals surface area contributed by atoms with Gasteiger partial charge in [-0.3, -0.25) is 4.79 Å². The number of nitrogens with zero attached hydrogens (tertiary/aromatic N) is 3. The number of amides is 1. The molecular formula is C21H25F3N4O. The van der Waals surface area contributed by atoms with E-state index in [9.17, 15) is 18.0 Å². The van der Waals surface area contributed by atoms with Crippen LogP contribution in [-0.4, -0.2) is 38.8 Å². The molecule has 29 heavy (non-hydrogen) atoms. The number of halogens is 3. The lowest BCUT2D eigenvalue weighted by atomic mass is 9.97. The van der Waals surface area contributed by atoms with Gasteiger partial charge in [-0.1, -0.05) is 30.3 Å². The molecule has 4 rings (SSSR count). The molecular weight excluding hydrogens is 381 g/mol. The van der Waals surface area contributed by atoms with Crippen LogP contribution in [0, 0.1) is 0 Å². The maximum absolute atomic E-state index is 13.8. The predicted molar refractivity (Wildman–Crippen MR) is 104 cm³/mol. The highest BCUT2D eigenvalue weighted by atomic mass is 19.4. The quantitative estimate of drug-likeness (QED) is 0.768. The van der Waals surface area contributed by atoms with Crippen LogP contribution in [0.3, 0.4) is 0 Å². The minimum absolute atomic E-state index is 0.0495. The Morgan fingerprint density at radius 2 is 1.79 bits per heavy atom. The third-order valence-corrected chi connectivity index (χ3v) is 6.04. The number of carbonyl (C=O) groups excluding carboxylic acids is 1. The highest BCUT2D eigenvalue weighted by molar-refractivity contribution is 5.93. The second-order valence-corrected chi connectivity index (χ2v) is 8.10. The second kappa shape index (κ2) is 7.39. The van der Waals surface area contributed by atoms with Gasteiger partial charge in [0.25, 0.3) is 5.91 Å². The molecule has 2 aliphatic heterocycles. The van der Waals surface area contributed by atoms with Crippen LogP contribution < -0.4 is 5.32 Å². The van der Waals surface area contributed by atoms with E-state index in [1.807, 2.05) is 19.9 Å². The lowest BCUT2D eigenvalue weighted by Crippen LogP contribution is -2.47. The van der Waals surface area contributed by atoms with Gasteiger partial charge in [0.1, 0.15) is 5.82 Å². The minimum Gasteiger partial charge on any atom is -0.363 e. The van der Waals surface area contributed by atoms with Crippen LogP contribution in [0.2, 0.25) is 0 Å². The largest absolute Gasteiger partial charge is 0.410 e. The molecule has 156 valence electrons. The van der Waals surface area contributed by atoms with Gasteiger partial charge in [-0.2, -0.15) is 18.3 Å². The zero-order valence-electron chi connectivity index (χ0n) is 16.5. The van der Waals surface area contributed by atoms with Gasteiger partial charge in [-0.05, 0) is 38.7 Å². The van der Waals surface area contributed by atoms with Crippen molar-refractivity contribution in [3.05, 3.63) is 47.7 Å². The van der Waals surface area contributed by atoms with Gasteiger partial charge < -0.3 is 10.2 Å². The Hall–Kier alpha value is -2.51. The molecule has 1 saturated heterocycles. The van der Waals surface area contributed by atoms with Crippen molar-refractivity contribution in [1.29, 1.82) is 0 Å². The normalized spacial score (nSPS) is 27.3. The van der Waals surface area contributed by atoms with Crippen LogP contribution in [0.4, 0.5) is 19.0 Å². The number of likely N-dealkylation sites (tertiary alicyclic amines) is 1. The summed E-state index contributed by atoms with van der Waals surface area (Å²) in [6.07, 6.45) is -1.80. The Balaban J connectivity index is 1.68. The topological polar surface area (TPSA) is 50.2 Å². The number of hydrogen-bond donors (Lipinski definition) is 1. The zero-order valence-corrected chi connectivity index (χ0v) is 16.5. The Labute approximate surface area is 167 Å². The Bertz CT molecular complexity index is 870. The van der Waals surface area contributed by atoms with Crippen LogP contribution in [0.1, 0.15) is 67.7 Å². The minimum atomic E-state index is -4.46. The summed E-state index contributed by atoms with van der Waals surface area (Å²) in [5, 5.41) is 7.26. The van der Waals surface area contributed by atoms with Crippen molar-refractivity contribution in [2.45, 2.75) is 69.9 Å². The number of fused-ring (bicyclic) bond motifs is 1. The summed E-state index contributed by atoms with van der Waals surface area (Å²) in [6, 6.07) is 8.34. The molecule has 0 radical (unpaired) electrons. The molecule has 1 aromatic carbocycles. The highest BCUT2D eigenvalue weighted by Gasteiger charge is 2.47. The highest BCUT2D eigenvalue weighted by Crippen LogP contribution is 2.43. The van der Waals surface area contributed by atoms with Gasteiger partial charge in [0.2, 0.25) is 0 Å². The van der Waals surface area contributed by atoms with E-state index in [-0.39, 0.29) is 35.9 Å². The van der Waals surface area contributed by atoms with E-state index < -0.39 is 18.3 Å². The molecule has 0 unspecified atom stereocenters. The molecule has 2 aromatic rings. The van der Waals surface area contributed by atoms with Crippen LogP contribution in [0.5, 0.6) is 0 Å². The molecule has 3 heterocycles. The molecule has 0 aliphatic carbocycles. The summed E-state index contributed by atoms with van der Waals surface area (Å²) < 4.78 is 42.4. The molecule has 0 spiro atoms. The Kier molecular flexibility index (Phi) is 5.04. The molecule has 0 saturated carbocycles. The van der Waals surface area contributed by atoms with Gasteiger partial charge in [-0.15, -0.1) is 0 Å². The Morgan fingerprint density at radius 1 is 1.14 bits per heavy atom. The number of carbonyl (C=O) groups is 1. The van der Waals surface area contributed by atoms with Crippen molar-refractivity contribution < 1.29 is 18.0 Å². The smallest absolute Gasteiger partial charge is 0.363 e. The molecule has 1 fully saturated rings. The van der Waals surface area contributed by atoms with Gasteiger partial charge in [0, 0.05) is 24.6 Å². The monoisotopic (exact) mass is 406 g/mol. The van der Waals surface area contributed by atoms with Crippen molar-refractivity contribution >= 4 is 11.7 Å². The number of rotatable bonds is 2. The van der Waals surface area contributed by atoms with Crippen molar-refractivity contribution in [2.75, 3.05) is 5.32 Å². The molecule has 5 nitrogen and oxygen atoms in total. The van der Waals surface area contributed by atoms with Gasteiger partial charge in [0.05, 0.1) is 6.04 Å². The van der Waals surface area contributed by atoms with Crippen LogP contribution >= 0.6 is 0 Å². The number of hydrogen-bond acceptors (Lipinski definition) is 3. The fourth-order valence-corrected chi connectivity index (χ4v) is 4.54. The summed E-state index contributed by atoms with van der Waals surface area (Å²) in [7, 11) is 0. The standard InChI is InChI=1S/C21H25F3N4O/c1-13-7-6-8-14(2)27(13)20(29)17-12-19-25-16(15-9-4-3-5-10-15)11-18(21(22,23)24)28(19)26-17/h3-5,9-10,12-14,16,18,25H,6-8,11H2,1-2H3/t13-,14-,16+,18-/m1/s1. The summed E-state index contributed by atoms with van der Waals surface area (Å²) in [4.78, 5) is 14.8. The number of aromatic nitrogens is 2. The molecule has 1 aromatic heterocycles. The Morgan fingerprint density at radius 3 is 2.41 bits per heavy atom. The van der Waals surface area contributed by atoms with Gasteiger partial charge in [-0.25, -0.2) is 4.68 Å². The van der Waals surface area contributed by atoms with Crippen LogP contribution in [-0.2, 0) is 0 Å². The molecule has 2 aliphatic rings. The first kappa shape index (κ1) is 19.8. The van der Waals surface area contributed by atoms with E-state index in [0.717, 1.165) is 29.5 Å². The lowest BCUT2D eigenvalue weighted by molar-refractivity contribution is -0.173. The second-order valence-electron chi connectivity index (χ2n) is 8.10. The number of anilines is 1. The van der Waals surface area contributed by atoms with E-state index in [2.05, 4.69) is 10.4 Å². The molecule has 8 heteroatoms. The fraction of sp³-hybridized carbons (Fsp3) is 0.524. The SMILES string of the molecule is C[C@@H]1CCC[C@@H](C)N1C(=O)c1cc2n(n1)[C@@H](C(F)(F)F)C[C@@H](c1ccccc1)N2. The summed E-state index contributed by atoms with van der Waals surface area (Å²) in [5.41, 5.74) is 0.844. The van der Waals surface area contributed by atoms with Crippen LogP contribution in [0.25, 0.3) is 0 Å². The fourth-order valence-electron chi connectivity index (χ4n) is 4.54. The summed E-state index contributed by atoms with van der Waals surface area (Å²) in [5.74, 6) is -0.0707. The average molecular weight is 406 g/mol. The number of benzene rings is 1. The molecule has 1 amide bonds. The van der Waals surface area contributed by atoms with Gasteiger partial charge >= 0.3 is 6.18 Å². The maximum atomic E-state index is 13.8. The number of nitrogens with one attached hydrogen (secondary N) is 1. The third kappa shape index (κ3) is 3.72. The average Bonchev–Trinajstić information content (AvgIpc) is 3.11. The lowest BCUT2D eigenvalue weighted by Gasteiger charge is -2.38. The van der Waals surface area contributed by atoms with E-state index in [1.165, 1.54) is 6.07 Å². The molecule has 0 bridgehead atoms. The summed E-state index contributed by atoms with van der Waals surface area (Å²) in [6.45, 7) is 3.96. The first-order chi connectivity index (χ1) is 13.8. The van der Waals surface area contributed by atoms with Crippen molar-refractivity contribution in [3.63, 3.8) is 0 Å². The first-order valence-corrected chi connectivity index (χ1v) is 10.1. The van der Waals surface area contributed by atoms with E-state index >= 15 is 0 Å². The zero-order chi connectivity index (χ0) is 20.8. The van der Waals surface area contributed by atoms with Crippen molar-refractivity contribution in [3.8, 4) is 0 Å². The van der Waals surface area contributed by atoms with E-state index in [1.54, 1.807) is 29.2 Å². The van der Waals surface area contributed by atoms with Gasteiger partial charge in [0.15, 0.2) is 11.7 Å². The van der Waals surface area contributed by atoms with Crippen molar-refractivity contribution in [1.82, 2.24) is 14.7 Å². The third-order valence-electron chi connectivity index (χ3n) is 6.04. The first-order valence-electron chi connectivity index (χ1n) is 10.1. The van der Waals surface area contributed by atoms with E-state index in [4.69, 9.17) is 0 Å². The number of piperidine rings is 1. The molecule has 4 atom stereocenters. The predicted octanol–water partition coefficient (Wildman–Crippen LogP) is 4.95.